The molecular weight excluding hydrogens is 314 g/mol. The minimum absolute atomic E-state index is 0.483. The highest BCUT2D eigenvalue weighted by Crippen LogP contribution is 2.20. The van der Waals surface area contributed by atoms with Crippen LogP contribution in [-0.2, 0) is 0 Å². The predicted octanol–water partition coefficient (Wildman–Crippen LogP) is 4.20. The van der Waals surface area contributed by atoms with Gasteiger partial charge in [0.2, 0.25) is 0 Å². The van der Waals surface area contributed by atoms with E-state index in [1.165, 1.54) is 25.8 Å². The molecule has 1 saturated heterocycles. The average Bonchev–Trinajstić information content (AvgIpc) is 2.49. The third kappa shape index (κ3) is 4.83. The van der Waals surface area contributed by atoms with Crippen LogP contribution in [0.1, 0.15) is 38.7 Å². The van der Waals surface area contributed by atoms with Crippen molar-refractivity contribution in [1.29, 1.82) is 0 Å². The van der Waals surface area contributed by atoms with Crippen molar-refractivity contribution in [1.82, 2.24) is 10.2 Å². The average molecular weight is 340 g/mol. The highest BCUT2D eigenvalue weighted by molar-refractivity contribution is 7.80. The van der Waals surface area contributed by atoms with E-state index in [2.05, 4.69) is 29.4 Å². The Kier molecular flexibility index (Phi) is 6.48. The number of anilines is 1. The summed E-state index contributed by atoms with van der Waals surface area (Å²) in [6, 6.07) is 7.04. The van der Waals surface area contributed by atoms with Crippen molar-refractivity contribution in [2.24, 2.45) is 0 Å². The lowest BCUT2D eigenvalue weighted by Gasteiger charge is -2.38. The molecule has 0 spiro atoms. The molecule has 0 radical (unpaired) electrons. The van der Waals surface area contributed by atoms with Crippen molar-refractivity contribution in [3.05, 3.63) is 28.8 Å². The number of hydrogen-bond acceptors (Lipinski definition) is 2. The molecule has 1 aliphatic heterocycles. The number of halogens is 1. The molecular formula is C17H26ClN3S. The first-order valence-electron chi connectivity index (χ1n) is 8.04. The predicted molar refractivity (Wildman–Crippen MR) is 99.9 cm³/mol. The minimum atomic E-state index is 0.483. The molecule has 0 bridgehead atoms. The molecule has 122 valence electrons. The van der Waals surface area contributed by atoms with Gasteiger partial charge >= 0.3 is 0 Å². The summed E-state index contributed by atoms with van der Waals surface area (Å²) in [5, 5.41) is 7.92. The normalized spacial score (nSPS) is 20.5. The van der Waals surface area contributed by atoms with E-state index in [4.69, 9.17) is 23.8 Å². The van der Waals surface area contributed by atoms with E-state index < -0.39 is 0 Å². The topological polar surface area (TPSA) is 27.3 Å². The van der Waals surface area contributed by atoms with E-state index in [9.17, 15) is 0 Å². The Bertz CT molecular complexity index is 521. The number of nitrogens with one attached hydrogen (secondary N) is 2. The number of nitrogens with zero attached hydrogens (tertiary/aromatic N) is 1. The molecule has 0 amide bonds. The number of piperidine rings is 1. The molecule has 0 saturated carbocycles. The minimum Gasteiger partial charge on any atom is -0.361 e. The monoisotopic (exact) mass is 339 g/mol. The van der Waals surface area contributed by atoms with Gasteiger partial charge in [-0.2, -0.15) is 0 Å². The Balaban J connectivity index is 1.80. The Morgan fingerprint density at radius 2 is 2.23 bits per heavy atom. The van der Waals surface area contributed by atoms with Gasteiger partial charge in [0.05, 0.1) is 0 Å². The molecule has 22 heavy (non-hydrogen) atoms. The summed E-state index contributed by atoms with van der Waals surface area (Å²) in [6.45, 7) is 8.62. The lowest BCUT2D eigenvalue weighted by Crippen LogP contribution is -2.48. The van der Waals surface area contributed by atoms with Gasteiger partial charge in [0.15, 0.2) is 5.11 Å². The molecule has 1 heterocycles. The lowest BCUT2D eigenvalue weighted by atomic mass is 10.0. The molecule has 5 heteroatoms. The highest BCUT2D eigenvalue weighted by Gasteiger charge is 2.22. The first-order valence-corrected chi connectivity index (χ1v) is 8.82. The number of hydrogen-bond donors (Lipinski definition) is 2. The molecule has 2 rings (SSSR count). The molecule has 0 aliphatic carbocycles. The fourth-order valence-electron chi connectivity index (χ4n) is 2.98. The maximum absolute atomic E-state index is 6.13. The summed E-state index contributed by atoms with van der Waals surface area (Å²) in [6.07, 6.45) is 3.96. The van der Waals surface area contributed by atoms with E-state index in [0.29, 0.717) is 17.2 Å². The van der Waals surface area contributed by atoms with Gasteiger partial charge in [0.1, 0.15) is 0 Å². The van der Waals surface area contributed by atoms with Gasteiger partial charge in [-0.05, 0) is 70.1 Å². The number of benzene rings is 1. The summed E-state index contributed by atoms with van der Waals surface area (Å²) in [5.41, 5.74) is 1.99. The standard InChI is InChI=1S/C17H26ClN3S/c1-12-7-8-15(10-16(12)18)20-17(22)19-11-14(3)21-9-5-4-6-13(21)2/h7-8,10,13-14H,4-6,9,11H2,1-3H3,(H2,19,20,22)/t13-,14-/m0/s1. The fourth-order valence-corrected chi connectivity index (χ4v) is 3.36. The Morgan fingerprint density at radius 1 is 1.45 bits per heavy atom. The number of rotatable bonds is 4. The van der Waals surface area contributed by atoms with Gasteiger partial charge in [0.25, 0.3) is 0 Å². The van der Waals surface area contributed by atoms with Gasteiger partial charge in [-0.1, -0.05) is 24.1 Å². The third-order valence-corrected chi connectivity index (χ3v) is 5.06. The zero-order valence-electron chi connectivity index (χ0n) is 13.7. The molecule has 2 N–H and O–H groups in total. The van der Waals surface area contributed by atoms with E-state index in [-0.39, 0.29) is 0 Å². The first-order chi connectivity index (χ1) is 10.5. The molecule has 2 atom stereocenters. The van der Waals surface area contributed by atoms with E-state index in [1.54, 1.807) is 0 Å². The number of thiocarbonyl (C=S) groups is 1. The van der Waals surface area contributed by atoms with Gasteiger partial charge < -0.3 is 10.6 Å². The van der Waals surface area contributed by atoms with E-state index in [1.807, 2.05) is 25.1 Å². The van der Waals surface area contributed by atoms with Crippen LogP contribution >= 0.6 is 23.8 Å². The van der Waals surface area contributed by atoms with Crippen LogP contribution in [0, 0.1) is 6.92 Å². The van der Waals surface area contributed by atoms with Gasteiger partial charge in [-0.3, -0.25) is 4.90 Å². The molecule has 1 aromatic carbocycles. The quantitative estimate of drug-likeness (QED) is 0.804. The zero-order chi connectivity index (χ0) is 16.1. The van der Waals surface area contributed by atoms with Crippen LogP contribution in [0.2, 0.25) is 5.02 Å². The number of aryl methyl sites for hydroxylation is 1. The van der Waals surface area contributed by atoms with Crippen molar-refractivity contribution < 1.29 is 0 Å². The van der Waals surface area contributed by atoms with Crippen molar-refractivity contribution in [2.75, 3.05) is 18.4 Å². The molecule has 1 aromatic rings. The summed E-state index contributed by atoms with van der Waals surface area (Å²) >= 11 is 11.5. The second-order valence-electron chi connectivity index (χ2n) is 6.23. The Morgan fingerprint density at radius 3 is 2.91 bits per heavy atom. The number of likely N-dealkylation sites (tertiary alicyclic amines) is 1. The summed E-state index contributed by atoms with van der Waals surface area (Å²) < 4.78 is 0. The van der Waals surface area contributed by atoms with Crippen LogP contribution in [0.4, 0.5) is 5.69 Å². The van der Waals surface area contributed by atoms with Crippen LogP contribution in [0.25, 0.3) is 0 Å². The molecule has 1 aliphatic rings. The second kappa shape index (κ2) is 8.14. The van der Waals surface area contributed by atoms with Crippen molar-refractivity contribution >= 4 is 34.6 Å². The van der Waals surface area contributed by atoms with Crippen molar-refractivity contribution in [3.8, 4) is 0 Å². The van der Waals surface area contributed by atoms with Crippen LogP contribution in [-0.4, -0.2) is 35.2 Å². The van der Waals surface area contributed by atoms with Gasteiger partial charge in [0, 0.05) is 29.3 Å². The van der Waals surface area contributed by atoms with Gasteiger partial charge in [-0.15, -0.1) is 0 Å². The third-order valence-electron chi connectivity index (χ3n) is 4.41. The summed E-state index contributed by atoms with van der Waals surface area (Å²) in [7, 11) is 0. The smallest absolute Gasteiger partial charge is 0.170 e. The van der Waals surface area contributed by atoms with E-state index in [0.717, 1.165) is 22.8 Å². The molecule has 0 aromatic heterocycles. The summed E-state index contributed by atoms with van der Waals surface area (Å²) in [5.74, 6) is 0. The van der Waals surface area contributed by atoms with Crippen LogP contribution in [0.5, 0.6) is 0 Å². The molecule has 3 nitrogen and oxygen atoms in total. The van der Waals surface area contributed by atoms with Crippen molar-refractivity contribution in [2.45, 2.75) is 52.1 Å². The summed E-state index contributed by atoms with van der Waals surface area (Å²) in [4.78, 5) is 2.57. The molecule has 0 unspecified atom stereocenters. The fraction of sp³-hybridized carbons (Fsp3) is 0.588. The Labute approximate surface area is 144 Å². The highest BCUT2D eigenvalue weighted by atomic mass is 35.5. The molecule has 1 fully saturated rings. The first kappa shape index (κ1) is 17.5. The SMILES string of the molecule is Cc1ccc(NC(=S)NC[C@H](C)N2CCCC[C@@H]2C)cc1Cl. The lowest BCUT2D eigenvalue weighted by molar-refractivity contribution is 0.116. The van der Waals surface area contributed by atoms with Crippen LogP contribution in [0.15, 0.2) is 18.2 Å². The Hall–Kier alpha value is -0.840. The largest absolute Gasteiger partial charge is 0.361 e. The van der Waals surface area contributed by atoms with Crippen molar-refractivity contribution in [3.63, 3.8) is 0 Å². The van der Waals surface area contributed by atoms with Crippen LogP contribution < -0.4 is 10.6 Å². The maximum Gasteiger partial charge on any atom is 0.170 e. The van der Waals surface area contributed by atoms with Gasteiger partial charge in [-0.25, -0.2) is 0 Å². The second-order valence-corrected chi connectivity index (χ2v) is 7.05. The maximum atomic E-state index is 6.13. The zero-order valence-corrected chi connectivity index (χ0v) is 15.2. The van der Waals surface area contributed by atoms with Crippen LogP contribution in [0.3, 0.4) is 0 Å². The van der Waals surface area contributed by atoms with E-state index >= 15 is 0 Å².